The summed E-state index contributed by atoms with van der Waals surface area (Å²) in [6.45, 7) is 3.49. The van der Waals surface area contributed by atoms with E-state index in [0.717, 1.165) is 13.0 Å². The van der Waals surface area contributed by atoms with Gasteiger partial charge in [0.1, 0.15) is 11.5 Å². The summed E-state index contributed by atoms with van der Waals surface area (Å²) in [6, 6.07) is 3.42. The third-order valence-electron chi connectivity index (χ3n) is 2.38. The van der Waals surface area contributed by atoms with Gasteiger partial charge >= 0.3 is 6.18 Å². The predicted octanol–water partition coefficient (Wildman–Crippen LogP) is 3.92. The highest BCUT2D eigenvalue weighted by molar-refractivity contribution is 7.15. The number of nitrogens with one attached hydrogen (secondary N) is 1. The summed E-state index contributed by atoms with van der Waals surface area (Å²) in [7, 11) is 0. The SMILES string of the molecule is CCCNCc1ccc(-c2cnc(C(F)(F)F)s2)o1. The number of aromatic nitrogens is 1. The molecule has 0 atom stereocenters. The molecule has 0 saturated heterocycles. The summed E-state index contributed by atoms with van der Waals surface area (Å²) in [4.78, 5) is 3.75. The summed E-state index contributed by atoms with van der Waals surface area (Å²) >= 11 is 0.584. The largest absolute Gasteiger partial charge is 0.459 e. The van der Waals surface area contributed by atoms with Gasteiger partial charge in [0.2, 0.25) is 0 Å². The van der Waals surface area contributed by atoms with Crippen molar-refractivity contribution in [2.45, 2.75) is 26.1 Å². The van der Waals surface area contributed by atoms with Crippen molar-refractivity contribution in [3.05, 3.63) is 29.1 Å². The zero-order valence-corrected chi connectivity index (χ0v) is 11.1. The van der Waals surface area contributed by atoms with Crippen LogP contribution < -0.4 is 5.32 Å². The lowest BCUT2D eigenvalue weighted by atomic mass is 10.4. The average Bonchev–Trinajstić information content (AvgIpc) is 2.96. The molecule has 0 bridgehead atoms. The molecule has 3 nitrogen and oxygen atoms in total. The molecule has 19 heavy (non-hydrogen) atoms. The first-order chi connectivity index (χ1) is 9.00. The van der Waals surface area contributed by atoms with Crippen molar-refractivity contribution in [2.75, 3.05) is 6.54 Å². The molecule has 0 aliphatic carbocycles. The van der Waals surface area contributed by atoms with E-state index in [0.29, 0.717) is 34.3 Å². The Morgan fingerprint density at radius 1 is 1.37 bits per heavy atom. The fraction of sp³-hybridized carbons (Fsp3) is 0.417. The molecule has 2 aromatic rings. The molecular weight excluding hydrogens is 277 g/mol. The molecule has 0 aliphatic heterocycles. The third kappa shape index (κ3) is 3.57. The van der Waals surface area contributed by atoms with Gasteiger partial charge in [-0.1, -0.05) is 6.92 Å². The number of rotatable bonds is 5. The van der Waals surface area contributed by atoms with Crippen LogP contribution in [0, 0.1) is 0 Å². The Hall–Kier alpha value is -1.34. The van der Waals surface area contributed by atoms with Crippen molar-refractivity contribution >= 4 is 11.3 Å². The van der Waals surface area contributed by atoms with Crippen LogP contribution in [-0.2, 0) is 12.7 Å². The summed E-state index contributed by atoms with van der Waals surface area (Å²) in [5.41, 5.74) is 0. The topological polar surface area (TPSA) is 38.1 Å². The van der Waals surface area contributed by atoms with Crippen LogP contribution in [0.15, 0.2) is 22.7 Å². The maximum absolute atomic E-state index is 12.4. The lowest BCUT2D eigenvalue weighted by Gasteiger charge is -1.99. The van der Waals surface area contributed by atoms with Gasteiger partial charge in [-0.25, -0.2) is 4.98 Å². The van der Waals surface area contributed by atoms with Gasteiger partial charge in [0.15, 0.2) is 5.01 Å². The van der Waals surface area contributed by atoms with Gasteiger partial charge in [-0.05, 0) is 25.1 Å². The fourth-order valence-electron chi connectivity index (χ4n) is 1.51. The molecule has 0 amide bonds. The second-order valence-corrected chi connectivity index (χ2v) is 5.00. The fourth-order valence-corrected chi connectivity index (χ4v) is 2.26. The Kier molecular flexibility index (Phi) is 4.26. The van der Waals surface area contributed by atoms with Gasteiger partial charge in [-0.15, -0.1) is 11.3 Å². The third-order valence-corrected chi connectivity index (χ3v) is 3.44. The van der Waals surface area contributed by atoms with Crippen molar-refractivity contribution < 1.29 is 17.6 Å². The van der Waals surface area contributed by atoms with Crippen molar-refractivity contribution in [1.82, 2.24) is 10.3 Å². The highest BCUT2D eigenvalue weighted by atomic mass is 32.1. The summed E-state index contributed by atoms with van der Waals surface area (Å²) in [5, 5.41) is 2.30. The molecule has 2 heterocycles. The molecule has 0 fully saturated rings. The van der Waals surface area contributed by atoms with E-state index in [1.807, 2.05) is 0 Å². The van der Waals surface area contributed by atoms with Gasteiger partial charge in [-0.3, -0.25) is 0 Å². The molecule has 7 heteroatoms. The second kappa shape index (κ2) is 5.75. The Bertz CT molecular complexity index is 533. The van der Waals surface area contributed by atoms with E-state index in [4.69, 9.17) is 4.42 Å². The minimum Gasteiger partial charge on any atom is -0.459 e. The van der Waals surface area contributed by atoms with E-state index < -0.39 is 11.2 Å². The molecular formula is C12H13F3N2OS. The lowest BCUT2D eigenvalue weighted by molar-refractivity contribution is -0.137. The van der Waals surface area contributed by atoms with E-state index in [1.165, 1.54) is 6.20 Å². The van der Waals surface area contributed by atoms with Crippen LogP contribution in [0.1, 0.15) is 24.1 Å². The van der Waals surface area contributed by atoms with Crippen LogP contribution in [0.25, 0.3) is 10.6 Å². The molecule has 0 aromatic carbocycles. The highest BCUT2D eigenvalue weighted by Crippen LogP contribution is 2.36. The quantitative estimate of drug-likeness (QED) is 0.848. The number of nitrogens with zero attached hydrogens (tertiary/aromatic N) is 1. The minimum atomic E-state index is -4.40. The maximum Gasteiger partial charge on any atom is 0.443 e. The van der Waals surface area contributed by atoms with Gasteiger partial charge < -0.3 is 9.73 Å². The zero-order chi connectivity index (χ0) is 13.9. The minimum absolute atomic E-state index is 0.383. The van der Waals surface area contributed by atoms with Crippen molar-refractivity contribution in [3.8, 4) is 10.6 Å². The number of thiazole rings is 1. The van der Waals surface area contributed by atoms with E-state index in [2.05, 4.69) is 17.2 Å². The molecule has 0 aliphatic rings. The molecule has 0 saturated carbocycles. The zero-order valence-electron chi connectivity index (χ0n) is 10.3. The summed E-state index contributed by atoms with van der Waals surface area (Å²) in [6.07, 6.45) is -2.20. The van der Waals surface area contributed by atoms with E-state index in [9.17, 15) is 13.2 Å². The number of halogens is 3. The molecule has 1 N–H and O–H groups in total. The van der Waals surface area contributed by atoms with E-state index in [-0.39, 0.29) is 0 Å². The number of furan rings is 1. The van der Waals surface area contributed by atoms with Crippen molar-refractivity contribution in [2.24, 2.45) is 0 Å². The van der Waals surface area contributed by atoms with Crippen LogP contribution in [0.4, 0.5) is 13.2 Å². The van der Waals surface area contributed by atoms with Gasteiger partial charge in [-0.2, -0.15) is 13.2 Å². The Morgan fingerprint density at radius 2 is 2.16 bits per heavy atom. The molecule has 2 aromatic heterocycles. The number of hydrogen-bond donors (Lipinski definition) is 1. The van der Waals surface area contributed by atoms with Crippen LogP contribution in [0.2, 0.25) is 0 Å². The standard InChI is InChI=1S/C12H13F3N2OS/c1-2-5-16-6-8-3-4-9(18-8)10-7-17-11(19-10)12(13,14)15/h3-4,7,16H,2,5-6H2,1H3. The first-order valence-corrected chi connectivity index (χ1v) is 6.65. The number of hydrogen-bond acceptors (Lipinski definition) is 4. The Balaban J connectivity index is 2.08. The normalized spacial score (nSPS) is 12.0. The molecule has 0 spiro atoms. The Morgan fingerprint density at radius 3 is 2.79 bits per heavy atom. The van der Waals surface area contributed by atoms with E-state index >= 15 is 0 Å². The molecule has 0 radical (unpaired) electrons. The van der Waals surface area contributed by atoms with Gasteiger partial charge in [0.05, 0.1) is 11.4 Å². The smallest absolute Gasteiger partial charge is 0.443 e. The number of alkyl halides is 3. The lowest BCUT2D eigenvalue weighted by Crippen LogP contribution is -2.12. The first-order valence-electron chi connectivity index (χ1n) is 5.83. The first kappa shape index (κ1) is 14.1. The van der Waals surface area contributed by atoms with Gasteiger partial charge in [0, 0.05) is 6.20 Å². The molecule has 0 unspecified atom stereocenters. The van der Waals surface area contributed by atoms with Crippen LogP contribution in [0.5, 0.6) is 0 Å². The summed E-state index contributed by atoms with van der Waals surface area (Å²) < 4.78 is 42.8. The van der Waals surface area contributed by atoms with Crippen LogP contribution >= 0.6 is 11.3 Å². The second-order valence-electron chi connectivity index (χ2n) is 3.97. The van der Waals surface area contributed by atoms with Crippen molar-refractivity contribution in [1.29, 1.82) is 0 Å². The maximum atomic E-state index is 12.4. The van der Waals surface area contributed by atoms with Crippen molar-refractivity contribution in [3.63, 3.8) is 0 Å². The van der Waals surface area contributed by atoms with Crippen LogP contribution in [-0.4, -0.2) is 11.5 Å². The average molecular weight is 290 g/mol. The Labute approximate surface area is 112 Å². The molecule has 104 valence electrons. The summed E-state index contributed by atoms with van der Waals surface area (Å²) in [5.74, 6) is 1.12. The monoisotopic (exact) mass is 290 g/mol. The van der Waals surface area contributed by atoms with Crippen LogP contribution in [0.3, 0.4) is 0 Å². The van der Waals surface area contributed by atoms with Gasteiger partial charge in [0.25, 0.3) is 0 Å². The highest BCUT2D eigenvalue weighted by Gasteiger charge is 2.34. The molecule has 2 rings (SSSR count). The van der Waals surface area contributed by atoms with E-state index in [1.54, 1.807) is 12.1 Å². The predicted molar refractivity (Wildman–Crippen MR) is 66.8 cm³/mol.